The maximum Gasteiger partial charge on any atom is 0.198 e. The molecule has 0 bridgehead atoms. The molecular weight excluding hydrogens is 856 g/mol. The van der Waals surface area contributed by atoms with E-state index in [0.29, 0.717) is 0 Å². The van der Waals surface area contributed by atoms with Crippen LogP contribution in [0.2, 0.25) is 0 Å². The van der Waals surface area contributed by atoms with Crippen molar-refractivity contribution >= 4 is 106 Å². The van der Waals surface area contributed by atoms with Gasteiger partial charge in [-0.15, -0.1) is 0 Å². The fourth-order valence-corrected chi connectivity index (χ4v) is 11.0. The average molecular weight is 904 g/mol. The van der Waals surface area contributed by atoms with Crippen LogP contribution in [0.25, 0.3) is 111 Å². The largest absolute Gasteiger partial charge is 0.456 e. The standard InChI is InChI=1S/C63H48BN4O2/c1-62(2,3)37-21-24-39(25-22-37)65-50-30-47-42-26-23-38(63(4,5)6)29-56(42)70-57(47)32-45(50)43-27-28-44-46-33-58-48(41-19-13-14-20-55(41)69-58)31-52(46)68-53-35-54-51(34-49(53)64-59(43)60(44)68)66-61(36-15-9-7-10-16-36)67(54)40-17-11-8-12-18-40/h7-35,65H,1-6H3. The first-order valence-electron chi connectivity index (χ1n) is 24.3. The quantitative estimate of drug-likeness (QED) is 0.175. The molecule has 0 spiro atoms. The second-order valence-electron chi connectivity index (χ2n) is 21.1. The predicted molar refractivity (Wildman–Crippen MR) is 293 cm³/mol. The van der Waals surface area contributed by atoms with Gasteiger partial charge in [-0.2, -0.15) is 0 Å². The number of anilines is 2. The molecule has 6 nitrogen and oxygen atoms in total. The highest BCUT2D eigenvalue weighted by Crippen LogP contribution is 2.44. The van der Waals surface area contributed by atoms with E-state index in [9.17, 15) is 0 Å². The van der Waals surface area contributed by atoms with Gasteiger partial charge in [-0.05, 0) is 106 Å². The highest BCUT2D eigenvalue weighted by Gasteiger charge is 2.30. The Labute approximate surface area is 406 Å². The van der Waals surface area contributed by atoms with Crippen LogP contribution in [0.4, 0.5) is 11.4 Å². The van der Waals surface area contributed by atoms with Crippen LogP contribution in [-0.2, 0) is 10.8 Å². The molecule has 0 saturated heterocycles. The van der Waals surface area contributed by atoms with E-state index >= 15 is 0 Å². The number of fused-ring (bicyclic) bond motifs is 12. The van der Waals surface area contributed by atoms with Gasteiger partial charge in [0.1, 0.15) is 28.2 Å². The Morgan fingerprint density at radius 2 is 1.14 bits per heavy atom. The van der Waals surface area contributed by atoms with Crippen molar-refractivity contribution in [1.82, 2.24) is 14.1 Å². The molecule has 70 heavy (non-hydrogen) atoms. The SMILES string of the molecule is CC(C)(C)c1ccc(Nc2cc3c(cc2-c2ccc4c5cc6oc7ccccc7c6cc5n5c4c2[B]c2cc4nc(-c6ccccc6)n(-c6ccccc6)c4cc2-5)oc2cc(C(C)(C)C)ccc23)cc1. The number of para-hydroxylation sites is 2. The highest BCUT2D eigenvalue weighted by atomic mass is 16.3. The lowest BCUT2D eigenvalue weighted by atomic mass is 9.59. The summed E-state index contributed by atoms with van der Waals surface area (Å²) in [7, 11) is 2.38. The monoisotopic (exact) mass is 903 g/mol. The van der Waals surface area contributed by atoms with Crippen LogP contribution >= 0.6 is 0 Å². The molecule has 0 saturated carbocycles. The van der Waals surface area contributed by atoms with Gasteiger partial charge >= 0.3 is 0 Å². The molecular formula is C63H48BN4O2. The van der Waals surface area contributed by atoms with Gasteiger partial charge in [-0.25, -0.2) is 4.98 Å². The van der Waals surface area contributed by atoms with E-state index in [1.54, 1.807) is 0 Å². The van der Waals surface area contributed by atoms with Crippen LogP contribution < -0.4 is 16.2 Å². The lowest BCUT2D eigenvalue weighted by molar-refractivity contribution is 0.587. The van der Waals surface area contributed by atoms with E-state index in [4.69, 9.17) is 13.8 Å². The van der Waals surface area contributed by atoms with Crippen LogP contribution in [0.3, 0.4) is 0 Å². The maximum atomic E-state index is 6.85. The summed E-state index contributed by atoms with van der Waals surface area (Å²) >= 11 is 0. The molecule has 335 valence electrons. The molecule has 1 N–H and O–H groups in total. The highest BCUT2D eigenvalue weighted by molar-refractivity contribution is 6.73. The van der Waals surface area contributed by atoms with Gasteiger partial charge in [0.05, 0.1) is 16.6 Å². The fraction of sp³-hybridized carbons (Fsp3) is 0.127. The van der Waals surface area contributed by atoms with E-state index in [-0.39, 0.29) is 10.8 Å². The Hall–Kier alpha value is -8.29. The molecule has 14 rings (SSSR count). The molecule has 1 aliphatic rings. The second-order valence-corrected chi connectivity index (χ2v) is 21.1. The number of hydrogen-bond donors (Lipinski definition) is 1. The molecule has 0 unspecified atom stereocenters. The number of nitrogens with one attached hydrogen (secondary N) is 1. The summed E-state index contributed by atoms with van der Waals surface area (Å²) in [5.74, 6) is 0.899. The van der Waals surface area contributed by atoms with Crippen molar-refractivity contribution in [2.75, 3.05) is 5.32 Å². The summed E-state index contributed by atoms with van der Waals surface area (Å²) in [4.78, 5) is 5.43. The molecule has 13 aromatic rings. The molecule has 0 atom stereocenters. The first-order chi connectivity index (χ1) is 33.9. The molecule has 1 radical (unpaired) electrons. The van der Waals surface area contributed by atoms with Crippen LogP contribution in [0.1, 0.15) is 52.7 Å². The van der Waals surface area contributed by atoms with Gasteiger partial charge in [0.2, 0.25) is 0 Å². The predicted octanol–water partition coefficient (Wildman–Crippen LogP) is 15.6. The minimum Gasteiger partial charge on any atom is -0.456 e. The number of hydrogen-bond acceptors (Lipinski definition) is 4. The van der Waals surface area contributed by atoms with Crippen molar-refractivity contribution in [2.45, 2.75) is 52.4 Å². The minimum absolute atomic E-state index is 0.0169. The van der Waals surface area contributed by atoms with Gasteiger partial charge < -0.3 is 18.7 Å². The number of benzene rings is 9. The zero-order chi connectivity index (χ0) is 47.2. The van der Waals surface area contributed by atoms with Crippen molar-refractivity contribution in [3.8, 4) is 33.9 Å². The fourth-order valence-electron chi connectivity index (χ4n) is 11.0. The third-order valence-corrected chi connectivity index (χ3v) is 14.7. The summed E-state index contributed by atoms with van der Waals surface area (Å²) in [6.45, 7) is 13.5. The molecule has 0 aliphatic carbocycles. The topological polar surface area (TPSA) is 61.1 Å². The van der Waals surface area contributed by atoms with Crippen LogP contribution in [0.15, 0.2) is 185 Å². The maximum absolute atomic E-state index is 6.85. The van der Waals surface area contributed by atoms with E-state index in [2.05, 4.69) is 233 Å². The number of nitrogens with zero attached hydrogens (tertiary/aromatic N) is 3. The van der Waals surface area contributed by atoms with E-state index in [1.165, 1.54) is 11.1 Å². The molecule has 0 amide bonds. The average Bonchev–Trinajstić information content (AvgIpc) is 4.12. The zero-order valence-electron chi connectivity index (χ0n) is 40.0. The summed E-state index contributed by atoms with van der Waals surface area (Å²) in [5, 5.41) is 10.6. The summed E-state index contributed by atoms with van der Waals surface area (Å²) in [5.41, 5.74) is 19.9. The molecule has 9 aromatic carbocycles. The normalized spacial score (nSPS) is 12.8. The van der Waals surface area contributed by atoms with Gasteiger partial charge in [-0.3, -0.25) is 4.57 Å². The van der Waals surface area contributed by atoms with Crippen molar-refractivity contribution in [3.05, 3.63) is 187 Å². The Morgan fingerprint density at radius 3 is 1.93 bits per heavy atom. The zero-order valence-corrected chi connectivity index (χ0v) is 40.0. The van der Waals surface area contributed by atoms with Gasteiger partial charge in [-0.1, -0.05) is 150 Å². The van der Waals surface area contributed by atoms with Crippen LogP contribution in [0.5, 0.6) is 0 Å². The number of furan rings is 2. The van der Waals surface area contributed by atoms with E-state index in [0.717, 1.165) is 133 Å². The lowest BCUT2D eigenvalue weighted by Crippen LogP contribution is -2.37. The van der Waals surface area contributed by atoms with Crippen molar-refractivity contribution in [2.24, 2.45) is 0 Å². The van der Waals surface area contributed by atoms with Crippen molar-refractivity contribution in [3.63, 3.8) is 0 Å². The van der Waals surface area contributed by atoms with Crippen molar-refractivity contribution < 1.29 is 8.83 Å². The van der Waals surface area contributed by atoms with Crippen LogP contribution in [0, 0.1) is 0 Å². The molecule has 5 heterocycles. The number of aromatic nitrogens is 3. The summed E-state index contributed by atoms with van der Waals surface area (Å²) < 4.78 is 18.2. The Balaban J connectivity index is 1.06. The van der Waals surface area contributed by atoms with Gasteiger partial charge in [0.15, 0.2) is 7.28 Å². The number of rotatable bonds is 5. The third kappa shape index (κ3) is 6.17. The lowest BCUT2D eigenvalue weighted by Gasteiger charge is -2.24. The first-order valence-corrected chi connectivity index (χ1v) is 24.3. The molecule has 7 heteroatoms. The first kappa shape index (κ1) is 40.8. The molecule has 0 fully saturated rings. The Kier molecular flexibility index (Phi) is 8.51. The second kappa shape index (κ2) is 14.6. The van der Waals surface area contributed by atoms with Gasteiger partial charge in [0.25, 0.3) is 0 Å². The smallest absolute Gasteiger partial charge is 0.198 e. The molecule has 1 aliphatic heterocycles. The number of imidazole rings is 1. The third-order valence-electron chi connectivity index (χ3n) is 14.7. The summed E-state index contributed by atoms with van der Waals surface area (Å²) in [6.07, 6.45) is 0. The van der Waals surface area contributed by atoms with Crippen molar-refractivity contribution in [1.29, 1.82) is 0 Å². The Bertz CT molecular complexity index is 4290. The van der Waals surface area contributed by atoms with Crippen LogP contribution in [-0.4, -0.2) is 21.4 Å². The minimum atomic E-state index is -0.0169. The van der Waals surface area contributed by atoms with Gasteiger partial charge in [0, 0.05) is 71.7 Å². The van der Waals surface area contributed by atoms with E-state index < -0.39 is 0 Å². The summed E-state index contributed by atoms with van der Waals surface area (Å²) in [6, 6.07) is 63.4. The van der Waals surface area contributed by atoms with E-state index in [1.807, 2.05) is 6.07 Å². The Morgan fingerprint density at radius 1 is 0.486 bits per heavy atom. The molecule has 4 aromatic heterocycles.